The van der Waals surface area contributed by atoms with Gasteiger partial charge < -0.3 is 15.0 Å². The quantitative estimate of drug-likeness (QED) is 0.863. The Labute approximate surface area is 109 Å². The monoisotopic (exact) mass is 249 g/mol. The molecule has 0 radical (unpaired) electrons. The highest BCUT2D eigenvalue weighted by Gasteiger charge is 2.20. The van der Waals surface area contributed by atoms with Crippen LogP contribution in [0.25, 0.3) is 0 Å². The van der Waals surface area contributed by atoms with Crippen LogP contribution in [0.15, 0.2) is 18.5 Å². The lowest BCUT2D eigenvalue weighted by atomic mass is 10.1. The van der Waals surface area contributed by atoms with Gasteiger partial charge in [-0.2, -0.15) is 0 Å². The van der Waals surface area contributed by atoms with Gasteiger partial charge in [0.15, 0.2) is 0 Å². The average Bonchev–Trinajstić information content (AvgIpc) is 2.45. The second kappa shape index (κ2) is 6.71. The average molecular weight is 249 g/mol. The van der Waals surface area contributed by atoms with Gasteiger partial charge in [-0.25, -0.2) is 0 Å². The summed E-state index contributed by atoms with van der Waals surface area (Å²) in [7, 11) is 0. The zero-order valence-electron chi connectivity index (χ0n) is 11.4. The number of rotatable bonds is 5. The summed E-state index contributed by atoms with van der Waals surface area (Å²) in [6.45, 7) is 8.95. The number of nitrogens with one attached hydrogen (secondary N) is 1. The van der Waals surface area contributed by atoms with E-state index in [2.05, 4.69) is 35.1 Å². The minimum Gasteiger partial charge on any atom is -0.375 e. The van der Waals surface area contributed by atoms with Crippen LogP contribution in [0.3, 0.4) is 0 Å². The van der Waals surface area contributed by atoms with E-state index in [1.807, 2.05) is 12.4 Å². The van der Waals surface area contributed by atoms with Crippen molar-refractivity contribution in [1.29, 1.82) is 0 Å². The molecule has 18 heavy (non-hydrogen) atoms. The van der Waals surface area contributed by atoms with Gasteiger partial charge in [0, 0.05) is 43.3 Å². The number of pyridine rings is 1. The molecule has 0 aliphatic carbocycles. The third kappa shape index (κ3) is 3.21. The summed E-state index contributed by atoms with van der Waals surface area (Å²) < 4.78 is 5.73. The van der Waals surface area contributed by atoms with Crippen molar-refractivity contribution in [2.75, 3.05) is 31.1 Å². The van der Waals surface area contributed by atoms with Crippen LogP contribution in [0.1, 0.15) is 25.8 Å². The Balaban J connectivity index is 2.11. The minimum atomic E-state index is 0.360. The summed E-state index contributed by atoms with van der Waals surface area (Å²) in [5.41, 5.74) is 2.57. The highest BCUT2D eigenvalue weighted by molar-refractivity contribution is 5.52. The standard InChI is InChI=1S/C14H23N3O/c1-3-13-11-17(7-8-18-13)14-5-6-16-10-12(14)9-15-4-2/h5-6,10,13,15H,3-4,7-9,11H2,1-2H3. The van der Waals surface area contributed by atoms with E-state index < -0.39 is 0 Å². The molecular weight excluding hydrogens is 226 g/mol. The Hall–Kier alpha value is -1.13. The highest BCUT2D eigenvalue weighted by Crippen LogP contribution is 2.22. The maximum atomic E-state index is 5.73. The molecule has 1 unspecified atom stereocenters. The van der Waals surface area contributed by atoms with Gasteiger partial charge in [-0.15, -0.1) is 0 Å². The van der Waals surface area contributed by atoms with E-state index in [9.17, 15) is 0 Å². The predicted octanol–water partition coefficient (Wildman–Crippen LogP) is 1.81. The molecule has 1 aliphatic rings. The number of hydrogen-bond acceptors (Lipinski definition) is 4. The van der Waals surface area contributed by atoms with E-state index in [0.29, 0.717) is 6.10 Å². The van der Waals surface area contributed by atoms with Crippen LogP contribution in [0.4, 0.5) is 5.69 Å². The van der Waals surface area contributed by atoms with Crippen molar-refractivity contribution < 1.29 is 4.74 Å². The first-order valence-corrected chi connectivity index (χ1v) is 6.85. The smallest absolute Gasteiger partial charge is 0.0748 e. The molecule has 1 atom stereocenters. The summed E-state index contributed by atoms with van der Waals surface area (Å²) in [5.74, 6) is 0. The fourth-order valence-electron chi connectivity index (χ4n) is 2.31. The third-order valence-corrected chi connectivity index (χ3v) is 3.38. The SMILES string of the molecule is CCNCc1cnccc1N1CCOC(CC)C1. The van der Waals surface area contributed by atoms with Crippen LogP contribution in [0, 0.1) is 0 Å². The molecular formula is C14H23N3O. The van der Waals surface area contributed by atoms with Gasteiger partial charge in [0.05, 0.1) is 12.7 Å². The van der Waals surface area contributed by atoms with Crippen LogP contribution >= 0.6 is 0 Å². The normalized spacial score (nSPS) is 20.1. The number of nitrogens with zero attached hydrogens (tertiary/aromatic N) is 2. The van der Waals surface area contributed by atoms with Crippen LogP contribution in [0.5, 0.6) is 0 Å². The van der Waals surface area contributed by atoms with Gasteiger partial charge in [0.2, 0.25) is 0 Å². The lowest BCUT2D eigenvalue weighted by Crippen LogP contribution is -2.42. The van der Waals surface area contributed by atoms with E-state index >= 15 is 0 Å². The van der Waals surface area contributed by atoms with Gasteiger partial charge in [-0.1, -0.05) is 13.8 Å². The Morgan fingerprint density at radius 2 is 2.39 bits per heavy atom. The van der Waals surface area contributed by atoms with Gasteiger partial charge in [0.1, 0.15) is 0 Å². The highest BCUT2D eigenvalue weighted by atomic mass is 16.5. The summed E-state index contributed by atoms with van der Waals surface area (Å²) in [6.07, 6.45) is 5.28. The number of hydrogen-bond donors (Lipinski definition) is 1. The first-order chi connectivity index (χ1) is 8.85. The first-order valence-electron chi connectivity index (χ1n) is 6.85. The molecule has 0 aromatic carbocycles. The van der Waals surface area contributed by atoms with Crippen molar-refractivity contribution in [3.05, 3.63) is 24.0 Å². The molecule has 1 fully saturated rings. The van der Waals surface area contributed by atoms with Crippen molar-refractivity contribution in [2.45, 2.75) is 32.9 Å². The van der Waals surface area contributed by atoms with Crippen LogP contribution in [-0.4, -0.2) is 37.3 Å². The second-order valence-corrected chi connectivity index (χ2v) is 4.63. The molecule has 1 aromatic heterocycles. The Morgan fingerprint density at radius 1 is 1.50 bits per heavy atom. The van der Waals surface area contributed by atoms with Gasteiger partial charge in [-0.05, 0) is 19.0 Å². The summed E-state index contributed by atoms with van der Waals surface area (Å²) >= 11 is 0. The first kappa shape index (κ1) is 13.3. The Morgan fingerprint density at radius 3 is 3.17 bits per heavy atom. The van der Waals surface area contributed by atoms with Crippen molar-refractivity contribution in [3.8, 4) is 0 Å². The lowest BCUT2D eigenvalue weighted by molar-refractivity contribution is 0.0384. The maximum Gasteiger partial charge on any atom is 0.0748 e. The third-order valence-electron chi connectivity index (χ3n) is 3.38. The van der Waals surface area contributed by atoms with Gasteiger partial charge >= 0.3 is 0 Å². The maximum absolute atomic E-state index is 5.73. The Kier molecular flexibility index (Phi) is 4.96. The molecule has 0 amide bonds. The summed E-state index contributed by atoms with van der Waals surface area (Å²) in [5, 5.41) is 3.37. The van der Waals surface area contributed by atoms with Crippen LogP contribution in [-0.2, 0) is 11.3 Å². The van der Waals surface area contributed by atoms with Crippen molar-refractivity contribution >= 4 is 5.69 Å². The molecule has 1 aliphatic heterocycles. The van der Waals surface area contributed by atoms with Gasteiger partial charge in [0.25, 0.3) is 0 Å². The number of aromatic nitrogens is 1. The van der Waals surface area contributed by atoms with E-state index in [1.54, 1.807) is 0 Å². The van der Waals surface area contributed by atoms with Crippen LogP contribution < -0.4 is 10.2 Å². The van der Waals surface area contributed by atoms with E-state index in [1.165, 1.54) is 11.3 Å². The van der Waals surface area contributed by atoms with Crippen LogP contribution in [0.2, 0.25) is 0 Å². The summed E-state index contributed by atoms with van der Waals surface area (Å²) in [6, 6.07) is 2.12. The largest absolute Gasteiger partial charge is 0.375 e. The molecule has 0 bridgehead atoms. The fraction of sp³-hybridized carbons (Fsp3) is 0.643. The molecule has 4 nitrogen and oxygen atoms in total. The van der Waals surface area contributed by atoms with Gasteiger partial charge in [-0.3, -0.25) is 4.98 Å². The van der Waals surface area contributed by atoms with E-state index in [0.717, 1.165) is 39.2 Å². The minimum absolute atomic E-state index is 0.360. The zero-order valence-corrected chi connectivity index (χ0v) is 11.4. The molecule has 2 heterocycles. The number of anilines is 1. The second-order valence-electron chi connectivity index (χ2n) is 4.63. The van der Waals surface area contributed by atoms with Crippen molar-refractivity contribution in [3.63, 3.8) is 0 Å². The predicted molar refractivity (Wildman–Crippen MR) is 73.9 cm³/mol. The van der Waals surface area contributed by atoms with Crippen molar-refractivity contribution in [1.82, 2.24) is 10.3 Å². The number of ether oxygens (including phenoxy) is 1. The molecule has 4 heteroatoms. The molecule has 0 spiro atoms. The molecule has 100 valence electrons. The number of morpholine rings is 1. The Bertz CT molecular complexity index is 370. The van der Waals surface area contributed by atoms with Crippen molar-refractivity contribution in [2.24, 2.45) is 0 Å². The molecule has 1 aromatic rings. The molecule has 0 saturated carbocycles. The molecule has 2 rings (SSSR count). The lowest BCUT2D eigenvalue weighted by Gasteiger charge is -2.35. The fourth-order valence-corrected chi connectivity index (χ4v) is 2.31. The molecule has 1 N–H and O–H groups in total. The topological polar surface area (TPSA) is 37.4 Å². The summed E-state index contributed by atoms with van der Waals surface area (Å²) in [4.78, 5) is 6.66. The zero-order chi connectivity index (χ0) is 12.8. The molecule has 1 saturated heterocycles. The van der Waals surface area contributed by atoms with E-state index in [4.69, 9.17) is 4.74 Å². The van der Waals surface area contributed by atoms with E-state index in [-0.39, 0.29) is 0 Å².